The molecule has 4 saturated heterocycles. The highest BCUT2D eigenvalue weighted by Crippen LogP contribution is 2.59. The molecule has 1 aromatic rings. The summed E-state index contributed by atoms with van der Waals surface area (Å²) >= 11 is 0. The molecule has 5 fully saturated rings. The maximum absolute atomic E-state index is 12.8. The number of fused-ring (bicyclic) bond motifs is 1. The second kappa shape index (κ2) is 9.81. The highest BCUT2D eigenvalue weighted by molar-refractivity contribution is 5.81. The third-order valence-electron chi connectivity index (χ3n) is 9.15. The zero-order chi connectivity index (χ0) is 24.7. The van der Waals surface area contributed by atoms with Crippen LogP contribution in [-0.2, 0) is 9.59 Å². The van der Waals surface area contributed by atoms with Crippen LogP contribution in [0, 0.1) is 17.3 Å². The quantitative estimate of drug-likeness (QED) is 0.355. The Bertz CT molecular complexity index is 957. The van der Waals surface area contributed by atoms with Crippen molar-refractivity contribution < 1.29 is 14.7 Å². The molecule has 5 unspecified atom stereocenters. The van der Waals surface area contributed by atoms with Crippen molar-refractivity contribution in [2.75, 3.05) is 42.9 Å². The number of rotatable bonds is 5. The molecule has 1 aromatic carbocycles. The molecule has 1 aliphatic carbocycles. The number of hydrogen-bond donors (Lipinski definition) is 6. The normalized spacial score (nSPS) is 34.4. The third kappa shape index (κ3) is 4.67. The molecular formula is C26H39N7O3. The minimum atomic E-state index is -0.631. The first-order valence-electron chi connectivity index (χ1n) is 13.7. The van der Waals surface area contributed by atoms with Gasteiger partial charge in [0.05, 0.1) is 18.0 Å². The smallest absolute Gasteiger partial charge is 0.307 e. The Morgan fingerprint density at radius 2 is 1.72 bits per heavy atom. The molecule has 10 nitrogen and oxygen atoms in total. The largest absolute Gasteiger partial charge is 0.481 e. The number of carboxylic acid groups (broad SMARTS) is 1. The van der Waals surface area contributed by atoms with Crippen molar-refractivity contribution in [2.45, 2.75) is 63.4 Å². The molecule has 0 bridgehead atoms. The number of nitrogens with one attached hydrogen (secondary N) is 5. The number of hydrazine groups is 1. The Morgan fingerprint density at radius 1 is 1.00 bits per heavy atom. The van der Waals surface area contributed by atoms with E-state index in [0.717, 1.165) is 51.1 Å². The van der Waals surface area contributed by atoms with Gasteiger partial charge in [0.25, 0.3) is 0 Å². The molecular weight excluding hydrogens is 458 g/mol. The van der Waals surface area contributed by atoms with E-state index in [9.17, 15) is 14.7 Å². The molecule has 4 heterocycles. The number of piperidine rings is 1. The Balaban J connectivity index is 1.11. The van der Waals surface area contributed by atoms with Crippen molar-refractivity contribution >= 4 is 23.3 Å². The predicted molar refractivity (Wildman–Crippen MR) is 137 cm³/mol. The highest BCUT2D eigenvalue weighted by Gasteiger charge is 2.58. The van der Waals surface area contributed by atoms with Crippen LogP contribution in [0.5, 0.6) is 0 Å². The first kappa shape index (κ1) is 24.0. The van der Waals surface area contributed by atoms with Gasteiger partial charge >= 0.3 is 5.97 Å². The number of carbonyl (C=O) groups is 2. The van der Waals surface area contributed by atoms with Crippen LogP contribution in [0.4, 0.5) is 11.4 Å². The fraction of sp³-hybridized carbons (Fsp3) is 0.692. The van der Waals surface area contributed by atoms with E-state index in [1.54, 1.807) is 0 Å². The zero-order valence-electron chi connectivity index (χ0n) is 20.8. The van der Waals surface area contributed by atoms with Gasteiger partial charge in [0, 0.05) is 50.1 Å². The van der Waals surface area contributed by atoms with Crippen LogP contribution < -0.4 is 31.7 Å². The highest BCUT2D eigenvalue weighted by atomic mass is 16.4. The Morgan fingerprint density at radius 3 is 2.39 bits per heavy atom. The number of nitrogens with zero attached hydrogens (tertiary/aromatic N) is 2. The monoisotopic (exact) mass is 497 g/mol. The second-order valence-electron chi connectivity index (χ2n) is 11.3. The number of aliphatic carboxylic acids is 1. The first-order chi connectivity index (χ1) is 17.5. The Kier molecular flexibility index (Phi) is 6.53. The van der Waals surface area contributed by atoms with E-state index in [0.29, 0.717) is 6.54 Å². The molecule has 1 spiro atoms. The van der Waals surface area contributed by atoms with Gasteiger partial charge in [-0.15, -0.1) is 0 Å². The fourth-order valence-corrected chi connectivity index (χ4v) is 6.82. The molecule has 1 amide bonds. The third-order valence-corrected chi connectivity index (χ3v) is 9.15. The summed E-state index contributed by atoms with van der Waals surface area (Å²) in [6.07, 6.45) is 7.58. The second-order valence-corrected chi connectivity index (χ2v) is 11.3. The lowest BCUT2D eigenvalue weighted by Crippen LogP contribution is -2.76. The van der Waals surface area contributed by atoms with Gasteiger partial charge in [-0.2, -0.15) is 0 Å². The molecule has 10 heteroatoms. The van der Waals surface area contributed by atoms with Crippen molar-refractivity contribution in [3.63, 3.8) is 0 Å². The first-order valence-corrected chi connectivity index (χ1v) is 13.7. The molecule has 4 aliphatic heterocycles. The molecule has 6 rings (SSSR count). The summed E-state index contributed by atoms with van der Waals surface area (Å²) in [4.78, 5) is 29.0. The maximum Gasteiger partial charge on any atom is 0.307 e. The summed E-state index contributed by atoms with van der Waals surface area (Å²) in [6.45, 7) is 4.63. The van der Waals surface area contributed by atoms with Crippen molar-refractivity contribution in [3.8, 4) is 0 Å². The van der Waals surface area contributed by atoms with Crippen molar-refractivity contribution in [1.29, 1.82) is 0 Å². The molecule has 36 heavy (non-hydrogen) atoms. The minimum absolute atomic E-state index is 0.00308. The van der Waals surface area contributed by atoms with Gasteiger partial charge in [0.2, 0.25) is 5.91 Å². The van der Waals surface area contributed by atoms with Gasteiger partial charge in [-0.3, -0.25) is 30.5 Å². The standard InChI is InChI=1S/C26H39N7O3/c34-23-21-20(16-27-31-23)29-25(33-11-3-1-2-4-12-33)30-22(21)28-17-5-7-18(8-6-17)32-13-9-26(10-14-32)15-19(26)24(35)36/h5-8,19-22,25,27-30H,1-4,9-16H2,(H,31,34)(H,35,36). The van der Waals surface area contributed by atoms with E-state index < -0.39 is 5.97 Å². The molecule has 196 valence electrons. The minimum Gasteiger partial charge on any atom is -0.481 e. The van der Waals surface area contributed by atoms with E-state index in [-0.39, 0.29) is 41.7 Å². The molecule has 0 aromatic heterocycles. The zero-order valence-corrected chi connectivity index (χ0v) is 20.8. The maximum atomic E-state index is 12.8. The lowest BCUT2D eigenvalue weighted by Gasteiger charge is -2.48. The van der Waals surface area contributed by atoms with Crippen LogP contribution >= 0.6 is 0 Å². The number of benzene rings is 1. The average molecular weight is 498 g/mol. The summed E-state index contributed by atoms with van der Waals surface area (Å²) in [5, 5.41) is 20.3. The van der Waals surface area contributed by atoms with E-state index >= 15 is 0 Å². The molecule has 5 aliphatic rings. The van der Waals surface area contributed by atoms with Crippen LogP contribution in [0.25, 0.3) is 0 Å². The lowest BCUT2D eigenvalue weighted by atomic mass is 9.90. The van der Waals surface area contributed by atoms with Crippen molar-refractivity contribution in [2.24, 2.45) is 17.3 Å². The van der Waals surface area contributed by atoms with Crippen LogP contribution in [0.3, 0.4) is 0 Å². The van der Waals surface area contributed by atoms with Crippen molar-refractivity contribution in [1.82, 2.24) is 26.4 Å². The number of carboxylic acids is 1. The molecule has 0 radical (unpaired) electrons. The summed E-state index contributed by atoms with van der Waals surface area (Å²) in [6, 6.07) is 8.50. The molecule has 5 atom stereocenters. The topological polar surface area (TPSA) is 121 Å². The lowest BCUT2D eigenvalue weighted by molar-refractivity contribution is -0.139. The number of amides is 1. The van der Waals surface area contributed by atoms with Crippen LogP contribution in [0.1, 0.15) is 44.9 Å². The van der Waals surface area contributed by atoms with Gasteiger partial charge in [-0.25, -0.2) is 5.43 Å². The van der Waals surface area contributed by atoms with Gasteiger partial charge < -0.3 is 15.3 Å². The summed E-state index contributed by atoms with van der Waals surface area (Å²) in [5.74, 6) is -1.00. The van der Waals surface area contributed by atoms with Gasteiger partial charge in [-0.05, 0) is 61.8 Å². The summed E-state index contributed by atoms with van der Waals surface area (Å²) < 4.78 is 0. The number of likely N-dealkylation sites (tertiary alicyclic amines) is 1. The fourth-order valence-electron chi connectivity index (χ4n) is 6.82. The van der Waals surface area contributed by atoms with Gasteiger partial charge in [0.1, 0.15) is 6.29 Å². The van der Waals surface area contributed by atoms with E-state index in [1.165, 1.54) is 31.4 Å². The summed E-state index contributed by atoms with van der Waals surface area (Å²) in [7, 11) is 0. The van der Waals surface area contributed by atoms with E-state index in [2.05, 4.69) is 60.9 Å². The Hall–Kier alpha value is -2.40. The van der Waals surface area contributed by atoms with Gasteiger partial charge in [0.15, 0.2) is 0 Å². The van der Waals surface area contributed by atoms with Crippen LogP contribution in [-0.4, -0.2) is 73.1 Å². The van der Waals surface area contributed by atoms with Gasteiger partial charge in [-0.1, -0.05) is 12.8 Å². The predicted octanol–water partition coefficient (Wildman–Crippen LogP) is 1.09. The van der Waals surface area contributed by atoms with E-state index in [1.807, 2.05) is 0 Å². The molecule has 6 N–H and O–H groups in total. The van der Waals surface area contributed by atoms with Crippen molar-refractivity contribution in [3.05, 3.63) is 24.3 Å². The average Bonchev–Trinajstić information content (AvgIpc) is 3.65. The summed E-state index contributed by atoms with van der Waals surface area (Å²) in [5.41, 5.74) is 8.05. The number of anilines is 2. The molecule has 1 saturated carbocycles. The Labute approximate surface area is 212 Å². The SMILES string of the molecule is O=C1NNCC2NC(N3CCCCCC3)NC(Nc3ccc(N4CCC5(CC4)CC5C(=O)O)cc3)C12. The van der Waals surface area contributed by atoms with E-state index in [4.69, 9.17) is 0 Å². The number of carbonyl (C=O) groups excluding carboxylic acids is 1. The van der Waals surface area contributed by atoms with Crippen LogP contribution in [0.2, 0.25) is 0 Å². The van der Waals surface area contributed by atoms with Crippen LogP contribution in [0.15, 0.2) is 24.3 Å². The number of hydrogen-bond acceptors (Lipinski definition) is 8.